The Bertz CT molecular complexity index is 616. The molecule has 4 rings (SSSR count). The molecule has 1 aliphatic carbocycles. The number of nitrogens with zero attached hydrogens (tertiary/aromatic N) is 2. The monoisotopic (exact) mass is 271 g/mol. The van der Waals surface area contributed by atoms with Crippen LogP contribution in [0.3, 0.4) is 0 Å². The third kappa shape index (κ3) is 1.46. The van der Waals surface area contributed by atoms with E-state index >= 15 is 0 Å². The van der Waals surface area contributed by atoms with Gasteiger partial charge < -0.3 is 0 Å². The number of hydrogen-bond acceptors (Lipinski definition) is 6. The van der Waals surface area contributed by atoms with E-state index in [1.165, 1.54) is 0 Å². The van der Waals surface area contributed by atoms with Crippen LogP contribution < -0.4 is 10.0 Å². The molecule has 1 saturated carbocycles. The summed E-state index contributed by atoms with van der Waals surface area (Å²) in [5.74, 6) is -1.26. The molecule has 1 aromatic heterocycles. The molecule has 0 radical (unpaired) electrons. The lowest BCUT2D eigenvalue weighted by atomic mass is 9.65. The summed E-state index contributed by atoms with van der Waals surface area (Å²) in [6.45, 7) is 0. The van der Waals surface area contributed by atoms with E-state index < -0.39 is 21.5 Å². The SMILES string of the molecule is O=C1NC(=O)C2(NS(=O)(=O)c3cn[nH]n3)CC1C2. The van der Waals surface area contributed by atoms with Gasteiger partial charge in [-0.1, -0.05) is 0 Å². The van der Waals surface area contributed by atoms with Crippen LogP contribution >= 0.6 is 0 Å². The molecule has 2 aliphatic heterocycles. The number of fused-ring (bicyclic) bond motifs is 2. The van der Waals surface area contributed by atoms with Crippen molar-refractivity contribution in [2.45, 2.75) is 23.4 Å². The first-order valence-electron chi connectivity index (χ1n) is 5.18. The van der Waals surface area contributed by atoms with Crippen molar-refractivity contribution in [3.8, 4) is 0 Å². The molecule has 10 heteroatoms. The van der Waals surface area contributed by atoms with Gasteiger partial charge in [0.1, 0.15) is 5.54 Å². The molecule has 2 amide bonds. The van der Waals surface area contributed by atoms with Gasteiger partial charge in [0.15, 0.2) is 0 Å². The Morgan fingerprint density at radius 3 is 2.67 bits per heavy atom. The maximum atomic E-state index is 11.9. The van der Waals surface area contributed by atoms with Crippen LogP contribution in [-0.2, 0) is 19.6 Å². The molecule has 0 aromatic carbocycles. The molecule has 0 atom stereocenters. The quantitative estimate of drug-likeness (QED) is 0.538. The highest BCUT2D eigenvalue weighted by Gasteiger charge is 2.59. The average molecular weight is 271 g/mol. The van der Waals surface area contributed by atoms with E-state index in [0.29, 0.717) is 0 Å². The van der Waals surface area contributed by atoms with Crippen LogP contribution in [0.1, 0.15) is 12.8 Å². The zero-order chi connectivity index (χ0) is 13.0. The Labute approximate surface area is 101 Å². The van der Waals surface area contributed by atoms with Crippen LogP contribution in [0.25, 0.3) is 0 Å². The van der Waals surface area contributed by atoms with E-state index in [1.807, 2.05) is 0 Å². The first-order chi connectivity index (χ1) is 8.43. The molecule has 9 nitrogen and oxygen atoms in total. The van der Waals surface area contributed by atoms with Crippen molar-refractivity contribution in [3.05, 3.63) is 6.20 Å². The number of H-pyrrole nitrogens is 1. The summed E-state index contributed by atoms with van der Waals surface area (Å²) in [6.07, 6.45) is 1.42. The number of carbonyl (C=O) groups is 2. The molecule has 3 heterocycles. The Balaban J connectivity index is 1.87. The summed E-state index contributed by atoms with van der Waals surface area (Å²) in [5.41, 5.74) is -1.23. The van der Waals surface area contributed by atoms with Crippen molar-refractivity contribution < 1.29 is 18.0 Å². The smallest absolute Gasteiger partial charge is 0.262 e. The number of imide groups is 1. The highest BCUT2D eigenvalue weighted by Crippen LogP contribution is 2.42. The van der Waals surface area contributed by atoms with Gasteiger partial charge in [0.2, 0.25) is 16.8 Å². The summed E-state index contributed by atoms with van der Waals surface area (Å²) in [4.78, 5) is 23.0. The summed E-state index contributed by atoms with van der Waals surface area (Å²) in [7, 11) is -3.91. The maximum Gasteiger partial charge on any atom is 0.262 e. The predicted molar refractivity (Wildman–Crippen MR) is 55.3 cm³/mol. The van der Waals surface area contributed by atoms with Crippen LogP contribution in [0.4, 0.5) is 0 Å². The molecule has 3 N–H and O–H groups in total. The van der Waals surface area contributed by atoms with Crippen LogP contribution in [0.5, 0.6) is 0 Å². The van der Waals surface area contributed by atoms with Crippen LogP contribution in [0.2, 0.25) is 0 Å². The molecule has 3 aliphatic rings. The average Bonchev–Trinajstić information content (AvgIpc) is 2.73. The normalized spacial score (nSPS) is 30.8. The Morgan fingerprint density at radius 2 is 2.11 bits per heavy atom. The van der Waals surface area contributed by atoms with E-state index in [-0.39, 0.29) is 29.7 Å². The lowest BCUT2D eigenvalue weighted by molar-refractivity contribution is -0.151. The fraction of sp³-hybridized carbons (Fsp3) is 0.500. The fourth-order valence-electron chi connectivity index (χ4n) is 2.25. The maximum absolute atomic E-state index is 11.9. The van der Waals surface area contributed by atoms with Crippen molar-refractivity contribution in [2.24, 2.45) is 5.92 Å². The second kappa shape index (κ2) is 3.36. The number of hydrogen-bond donors (Lipinski definition) is 3. The van der Waals surface area contributed by atoms with Gasteiger partial charge in [-0.15, -0.1) is 5.10 Å². The number of piperidine rings is 2. The summed E-state index contributed by atoms with van der Waals surface area (Å²) in [5, 5.41) is 10.9. The number of carbonyl (C=O) groups excluding carboxylic acids is 2. The highest BCUT2D eigenvalue weighted by atomic mass is 32.2. The van der Waals surface area contributed by atoms with Crippen molar-refractivity contribution in [1.29, 1.82) is 0 Å². The van der Waals surface area contributed by atoms with E-state index in [2.05, 4.69) is 25.4 Å². The first-order valence-corrected chi connectivity index (χ1v) is 6.66. The topological polar surface area (TPSA) is 134 Å². The minimum Gasteiger partial charge on any atom is -0.295 e. The molecular formula is C8H9N5O4S. The number of amides is 2. The predicted octanol–water partition coefficient (Wildman–Crippen LogP) is -2.11. The van der Waals surface area contributed by atoms with Gasteiger partial charge in [-0.05, 0) is 12.8 Å². The fourth-order valence-corrected chi connectivity index (χ4v) is 3.48. The lowest BCUT2D eigenvalue weighted by Gasteiger charge is -2.49. The second-order valence-corrected chi connectivity index (χ2v) is 6.05. The molecule has 2 bridgehead atoms. The second-order valence-electron chi connectivity index (χ2n) is 4.42. The third-order valence-electron chi connectivity index (χ3n) is 3.23. The van der Waals surface area contributed by atoms with Gasteiger partial charge in [-0.2, -0.15) is 15.0 Å². The molecule has 18 heavy (non-hydrogen) atoms. The minimum absolute atomic E-state index is 0.189. The Morgan fingerprint density at radius 1 is 1.39 bits per heavy atom. The van der Waals surface area contributed by atoms with Gasteiger partial charge in [0.05, 0.1) is 6.20 Å². The molecule has 2 saturated heterocycles. The largest absolute Gasteiger partial charge is 0.295 e. The highest BCUT2D eigenvalue weighted by molar-refractivity contribution is 7.89. The molecule has 0 spiro atoms. The van der Waals surface area contributed by atoms with Crippen molar-refractivity contribution in [2.75, 3.05) is 0 Å². The van der Waals surface area contributed by atoms with Gasteiger partial charge in [0.25, 0.3) is 10.0 Å². The van der Waals surface area contributed by atoms with Gasteiger partial charge in [-0.3, -0.25) is 14.9 Å². The first kappa shape index (κ1) is 11.3. The molecular weight excluding hydrogens is 262 g/mol. The van der Waals surface area contributed by atoms with Gasteiger partial charge in [-0.25, -0.2) is 8.42 Å². The van der Waals surface area contributed by atoms with E-state index in [9.17, 15) is 18.0 Å². The zero-order valence-corrected chi connectivity index (χ0v) is 9.82. The Kier molecular flexibility index (Phi) is 2.10. The van der Waals surface area contributed by atoms with Crippen LogP contribution in [0.15, 0.2) is 11.2 Å². The van der Waals surface area contributed by atoms with Gasteiger partial charge in [0, 0.05) is 5.92 Å². The van der Waals surface area contributed by atoms with Crippen molar-refractivity contribution in [3.63, 3.8) is 0 Å². The van der Waals surface area contributed by atoms with E-state index in [4.69, 9.17) is 0 Å². The number of rotatable bonds is 3. The van der Waals surface area contributed by atoms with Crippen LogP contribution in [-0.4, -0.2) is 41.2 Å². The number of aromatic amines is 1. The summed E-state index contributed by atoms with van der Waals surface area (Å²) in [6, 6.07) is 0. The van der Waals surface area contributed by atoms with E-state index in [0.717, 1.165) is 6.20 Å². The van der Waals surface area contributed by atoms with Crippen molar-refractivity contribution in [1.82, 2.24) is 25.4 Å². The van der Waals surface area contributed by atoms with E-state index in [1.54, 1.807) is 0 Å². The third-order valence-corrected chi connectivity index (χ3v) is 4.64. The molecule has 3 fully saturated rings. The summed E-state index contributed by atoms with van der Waals surface area (Å²) >= 11 is 0. The minimum atomic E-state index is -3.91. The summed E-state index contributed by atoms with van der Waals surface area (Å²) < 4.78 is 26.1. The molecule has 1 aromatic rings. The molecule has 96 valence electrons. The number of aromatic nitrogens is 3. The van der Waals surface area contributed by atoms with Gasteiger partial charge >= 0.3 is 0 Å². The number of sulfonamides is 1. The standard InChI is InChI=1S/C8H9N5O4S/c14-6-4-1-8(2-4,7(15)10-6)12-18(16,17)5-3-9-13-11-5/h3-4,12H,1-2H2,(H,9,11,13)(H,10,14,15). The van der Waals surface area contributed by atoms with Crippen molar-refractivity contribution >= 4 is 21.8 Å². The lowest BCUT2D eigenvalue weighted by Crippen LogP contribution is -2.73. The zero-order valence-electron chi connectivity index (χ0n) is 9.00. The number of nitrogens with one attached hydrogen (secondary N) is 3. The van der Waals surface area contributed by atoms with Crippen LogP contribution in [0, 0.1) is 5.92 Å². The molecule has 0 unspecified atom stereocenters. The Hall–Kier alpha value is -1.81.